The van der Waals surface area contributed by atoms with E-state index in [0.717, 1.165) is 6.42 Å². The minimum Gasteiger partial charge on any atom is -0.480 e. The second kappa shape index (κ2) is 7.12. The third kappa shape index (κ3) is 5.50. The third-order valence-corrected chi connectivity index (χ3v) is 3.70. The first-order valence-corrected chi connectivity index (χ1v) is 5.80. The molecular formula is C10H20O3S. The zero-order valence-corrected chi connectivity index (χ0v) is 10.1. The van der Waals surface area contributed by atoms with E-state index in [0.29, 0.717) is 11.9 Å². The Morgan fingerprint density at radius 3 is 2.36 bits per heavy atom. The standard InChI is InChI=1S/C10H20O3S/c1-7(2)9(10(11)12)14-8(3)5-6-13-4/h7-9H,5-6H2,1-4H3,(H,11,12). The molecule has 0 aromatic heterocycles. The number of rotatable bonds is 7. The van der Waals surface area contributed by atoms with Gasteiger partial charge in [0.1, 0.15) is 5.25 Å². The van der Waals surface area contributed by atoms with Gasteiger partial charge >= 0.3 is 5.97 Å². The monoisotopic (exact) mass is 220 g/mol. The second-order valence-corrected chi connectivity index (χ2v) is 5.32. The predicted octanol–water partition coefficient (Wildman–Crippen LogP) is 2.25. The quantitative estimate of drug-likeness (QED) is 0.715. The van der Waals surface area contributed by atoms with Crippen LogP contribution >= 0.6 is 11.8 Å². The highest BCUT2D eigenvalue weighted by Gasteiger charge is 2.24. The van der Waals surface area contributed by atoms with E-state index in [1.807, 2.05) is 20.8 Å². The van der Waals surface area contributed by atoms with Crippen LogP contribution in [-0.4, -0.2) is 35.3 Å². The molecule has 2 unspecified atom stereocenters. The summed E-state index contributed by atoms with van der Waals surface area (Å²) in [6, 6.07) is 0. The number of aliphatic carboxylic acids is 1. The lowest BCUT2D eigenvalue weighted by Crippen LogP contribution is -2.25. The summed E-state index contributed by atoms with van der Waals surface area (Å²) in [5.41, 5.74) is 0. The molecule has 0 saturated carbocycles. The molecule has 0 aliphatic rings. The minimum absolute atomic E-state index is 0.169. The maximum atomic E-state index is 10.9. The molecule has 0 fully saturated rings. The van der Waals surface area contributed by atoms with Gasteiger partial charge in [-0.1, -0.05) is 20.8 Å². The number of ether oxygens (including phenoxy) is 1. The maximum absolute atomic E-state index is 10.9. The Kier molecular flexibility index (Phi) is 7.01. The molecule has 0 heterocycles. The van der Waals surface area contributed by atoms with Crippen molar-refractivity contribution in [2.45, 2.75) is 37.7 Å². The zero-order valence-electron chi connectivity index (χ0n) is 9.32. The van der Waals surface area contributed by atoms with Crippen LogP contribution in [-0.2, 0) is 9.53 Å². The van der Waals surface area contributed by atoms with Crippen LogP contribution in [0.5, 0.6) is 0 Å². The SMILES string of the molecule is COCCC(C)SC(C(=O)O)C(C)C. The average Bonchev–Trinajstić information content (AvgIpc) is 2.09. The molecule has 0 bridgehead atoms. The normalized spacial score (nSPS) is 15.5. The summed E-state index contributed by atoms with van der Waals surface area (Å²) in [7, 11) is 1.66. The summed E-state index contributed by atoms with van der Waals surface area (Å²) in [5, 5.41) is 8.99. The van der Waals surface area contributed by atoms with Crippen LogP contribution < -0.4 is 0 Å². The van der Waals surface area contributed by atoms with E-state index < -0.39 is 5.97 Å². The lowest BCUT2D eigenvalue weighted by Gasteiger charge is -2.19. The van der Waals surface area contributed by atoms with Gasteiger partial charge in [-0.15, -0.1) is 11.8 Å². The first-order chi connectivity index (χ1) is 6.49. The highest BCUT2D eigenvalue weighted by Crippen LogP contribution is 2.26. The molecule has 2 atom stereocenters. The smallest absolute Gasteiger partial charge is 0.316 e. The summed E-state index contributed by atoms with van der Waals surface area (Å²) in [6.45, 7) is 6.62. The van der Waals surface area contributed by atoms with Gasteiger partial charge in [0.05, 0.1) is 0 Å². The molecule has 0 saturated heterocycles. The van der Waals surface area contributed by atoms with Crippen molar-refractivity contribution in [1.29, 1.82) is 0 Å². The van der Waals surface area contributed by atoms with Crippen molar-refractivity contribution in [3.05, 3.63) is 0 Å². The Morgan fingerprint density at radius 2 is 2.00 bits per heavy atom. The first-order valence-electron chi connectivity index (χ1n) is 4.86. The highest BCUT2D eigenvalue weighted by atomic mass is 32.2. The molecule has 0 aromatic carbocycles. The van der Waals surface area contributed by atoms with Crippen LogP contribution in [0.15, 0.2) is 0 Å². The fourth-order valence-electron chi connectivity index (χ4n) is 1.10. The van der Waals surface area contributed by atoms with Crippen molar-refractivity contribution in [1.82, 2.24) is 0 Å². The first kappa shape index (κ1) is 13.8. The Labute approximate surface area is 90.2 Å². The molecule has 0 aliphatic carbocycles. The van der Waals surface area contributed by atoms with Crippen LogP contribution in [0.4, 0.5) is 0 Å². The number of methoxy groups -OCH3 is 1. The van der Waals surface area contributed by atoms with Crippen molar-refractivity contribution < 1.29 is 14.6 Å². The molecule has 0 aliphatic heterocycles. The number of thioether (sulfide) groups is 1. The van der Waals surface area contributed by atoms with Crippen molar-refractivity contribution >= 4 is 17.7 Å². The van der Waals surface area contributed by atoms with Gasteiger partial charge in [-0.2, -0.15) is 0 Å². The van der Waals surface area contributed by atoms with Crippen LogP contribution in [0, 0.1) is 5.92 Å². The number of carbonyl (C=O) groups is 1. The van der Waals surface area contributed by atoms with Gasteiger partial charge in [0.15, 0.2) is 0 Å². The third-order valence-electron chi connectivity index (χ3n) is 1.96. The van der Waals surface area contributed by atoms with Gasteiger partial charge in [-0.25, -0.2) is 0 Å². The fourth-order valence-corrected chi connectivity index (χ4v) is 2.27. The lowest BCUT2D eigenvalue weighted by molar-refractivity contribution is -0.137. The number of hydrogen-bond acceptors (Lipinski definition) is 3. The van der Waals surface area contributed by atoms with Crippen LogP contribution in [0.25, 0.3) is 0 Å². The predicted molar refractivity (Wildman–Crippen MR) is 59.8 cm³/mol. The number of carboxylic acid groups (broad SMARTS) is 1. The van der Waals surface area contributed by atoms with Gasteiger partial charge < -0.3 is 9.84 Å². The molecular weight excluding hydrogens is 200 g/mol. The lowest BCUT2D eigenvalue weighted by atomic mass is 10.1. The molecule has 0 radical (unpaired) electrons. The number of carboxylic acids is 1. The van der Waals surface area contributed by atoms with E-state index >= 15 is 0 Å². The van der Waals surface area contributed by atoms with E-state index in [1.165, 1.54) is 11.8 Å². The molecule has 1 N–H and O–H groups in total. The Morgan fingerprint density at radius 1 is 1.43 bits per heavy atom. The van der Waals surface area contributed by atoms with E-state index in [4.69, 9.17) is 9.84 Å². The van der Waals surface area contributed by atoms with Crippen molar-refractivity contribution in [3.8, 4) is 0 Å². The van der Waals surface area contributed by atoms with Crippen LogP contribution in [0.1, 0.15) is 27.2 Å². The van der Waals surface area contributed by atoms with E-state index in [9.17, 15) is 4.79 Å². The molecule has 84 valence electrons. The molecule has 0 spiro atoms. The molecule has 0 aromatic rings. The topological polar surface area (TPSA) is 46.5 Å². The molecule has 3 nitrogen and oxygen atoms in total. The van der Waals surface area contributed by atoms with Crippen molar-refractivity contribution in [2.24, 2.45) is 5.92 Å². The Balaban J connectivity index is 3.96. The fraction of sp³-hybridized carbons (Fsp3) is 0.900. The van der Waals surface area contributed by atoms with Gasteiger partial charge in [0.25, 0.3) is 0 Å². The highest BCUT2D eigenvalue weighted by molar-refractivity contribution is 8.01. The largest absolute Gasteiger partial charge is 0.480 e. The summed E-state index contributed by atoms with van der Waals surface area (Å²) < 4.78 is 4.95. The summed E-state index contributed by atoms with van der Waals surface area (Å²) in [5.74, 6) is -0.545. The summed E-state index contributed by atoms with van der Waals surface area (Å²) in [4.78, 5) is 10.9. The second-order valence-electron chi connectivity index (χ2n) is 3.73. The van der Waals surface area contributed by atoms with E-state index in [2.05, 4.69) is 0 Å². The number of hydrogen-bond donors (Lipinski definition) is 1. The van der Waals surface area contributed by atoms with Crippen molar-refractivity contribution in [3.63, 3.8) is 0 Å². The molecule has 0 rings (SSSR count). The Bertz CT molecular complexity index is 171. The summed E-state index contributed by atoms with van der Waals surface area (Å²) >= 11 is 1.52. The van der Waals surface area contributed by atoms with E-state index in [-0.39, 0.29) is 11.2 Å². The molecule has 4 heteroatoms. The van der Waals surface area contributed by atoms with Gasteiger partial charge in [0, 0.05) is 19.0 Å². The Hall–Kier alpha value is -0.220. The van der Waals surface area contributed by atoms with Gasteiger partial charge in [0.2, 0.25) is 0 Å². The molecule has 0 amide bonds. The van der Waals surface area contributed by atoms with Crippen LogP contribution in [0.3, 0.4) is 0 Å². The molecule has 14 heavy (non-hydrogen) atoms. The average molecular weight is 220 g/mol. The van der Waals surface area contributed by atoms with Crippen molar-refractivity contribution in [2.75, 3.05) is 13.7 Å². The van der Waals surface area contributed by atoms with Gasteiger partial charge in [-0.3, -0.25) is 4.79 Å². The van der Waals surface area contributed by atoms with Crippen LogP contribution in [0.2, 0.25) is 0 Å². The van der Waals surface area contributed by atoms with Gasteiger partial charge in [-0.05, 0) is 12.3 Å². The summed E-state index contributed by atoms with van der Waals surface area (Å²) in [6.07, 6.45) is 0.900. The zero-order chi connectivity index (χ0) is 11.1. The maximum Gasteiger partial charge on any atom is 0.316 e. The minimum atomic E-state index is -0.714. The van der Waals surface area contributed by atoms with E-state index in [1.54, 1.807) is 7.11 Å².